The predicted octanol–water partition coefficient (Wildman–Crippen LogP) is 0.856. The fourth-order valence-corrected chi connectivity index (χ4v) is 3.00. The minimum atomic E-state index is -0.642. The van der Waals surface area contributed by atoms with Crippen molar-refractivity contribution in [1.82, 2.24) is 0 Å². The van der Waals surface area contributed by atoms with Gasteiger partial charge in [0.15, 0.2) is 24.4 Å². The number of fused-ring (bicyclic) bond motifs is 3. The van der Waals surface area contributed by atoms with Crippen LogP contribution in [0.2, 0.25) is 0 Å². The molecule has 0 spiro atoms. The molecule has 3 fully saturated rings. The molecule has 3 heterocycles. The van der Waals surface area contributed by atoms with E-state index in [2.05, 4.69) is 0 Å². The molecule has 98 valence electrons. The van der Waals surface area contributed by atoms with Crippen molar-refractivity contribution in [2.45, 2.75) is 50.3 Å². The molecule has 3 rings (SSSR count). The number of hydrogen-bond acceptors (Lipinski definition) is 7. The van der Waals surface area contributed by atoms with Gasteiger partial charge in [0.1, 0.15) is 24.4 Å². The van der Waals surface area contributed by atoms with E-state index in [0.717, 1.165) is 12.3 Å². The molecular weight excluding hydrogens is 248 g/mol. The quantitative estimate of drug-likeness (QED) is 0.651. The smallest absolute Gasteiger partial charge is 0.186 e. The van der Waals surface area contributed by atoms with E-state index in [0.29, 0.717) is 6.61 Å². The summed E-state index contributed by atoms with van der Waals surface area (Å²) in [5.41, 5.74) is 0. The van der Waals surface area contributed by atoms with Gasteiger partial charge in [-0.1, -0.05) is 0 Å². The van der Waals surface area contributed by atoms with E-state index in [-0.39, 0.29) is 24.4 Å². The summed E-state index contributed by atoms with van der Waals surface area (Å²) in [4.78, 5) is 0. The second-order valence-corrected chi connectivity index (χ2v) is 5.32. The molecule has 17 heavy (non-hydrogen) atoms. The Hall–Kier alpha value is 0.110. The average Bonchev–Trinajstić information content (AvgIpc) is 2.63. The van der Waals surface area contributed by atoms with Crippen molar-refractivity contribution in [3.8, 4) is 0 Å². The largest absolute Gasteiger partial charge is 0.353 e. The van der Waals surface area contributed by atoms with Crippen LogP contribution in [0.25, 0.3) is 0 Å². The molecule has 3 saturated heterocycles. The molecule has 7 heteroatoms. The molecular formula is C10H16O6S. The van der Waals surface area contributed by atoms with Crippen molar-refractivity contribution in [3.05, 3.63) is 0 Å². The summed E-state index contributed by atoms with van der Waals surface area (Å²) < 4.78 is 33.4. The highest BCUT2D eigenvalue weighted by atomic mass is 32.2. The molecule has 0 aromatic carbocycles. The summed E-state index contributed by atoms with van der Waals surface area (Å²) in [5, 5.41) is 0. The summed E-state index contributed by atoms with van der Waals surface area (Å²) in [6.45, 7) is 4.21. The first-order valence-electron chi connectivity index (χ1n) is 5.59. The molecule has 0 aromatic rings. The van der Waals surface area contributed by atoms with Crippen LogP contribution in [-0.4, -0.2) is 50.2 Å². The highest BCUT2D eigenvalue weighted by Crippen LogP contribution is 2.41. The summed E-state index contributed by atoms with van der Waals surface area (Å²) in [7, 11) is 1.59. The number of methoxy groups -OCH3 is 1. The maximum Gasteiger partial charge on any atom is 0.186 e. The topological polar surface area (TPSA) is 55.4 Å². The van der Waals surface area contributed by atoms with Crippen LogP contribution in [0.1, 0.15) is 13.8 Å². The van der Waals surface area contributed by atoms with E-state index < -0.39 is 12.1 Å². The lowest BCUT2D eigenvalue weighted by Gasteiger charge is -2.42. The second kappa shape index (κ2) is 4.34. The number of hydrogen-bond donors (Lipinski definition) is 0. The third kappa shape index (κ3) is 2.10. The lowest BCUT2D eigenvalue weighted by Crippen LogP contribution is -2.59. The van der Waals surface area contributed by atoms with Gasteiger partial charge in [0.2, 0.25) is 0 Å². The van der Waals surface area contributed by atoms with Crippen LogP contribution in [0.15, 0.2) is 0 Å². The zero-order valence-electron chi connectivity index (χ0n) is 9.95. The van der Waals surface area contributed by atoms with Gasteiger partial charge in [0.05, 0.1) is 6.61 Å². The van der Waals surface area contributed by atoms with E-state index in [1.54, 1.807) is 7.11 Å². The minimum absolute atomic E-state index is 0.181. The van der Waals surface area contributed by atoms with Gasteiger partial charge >= 0.3 is 0 Å². The lowest BCUT2D eigenvalue weighted by molar-refractivity contribution is -0.270. The highest BCUT2D eigenvalue weighted by molar-refractivity contribution is 7.89. The Kier molecular flexibility index (Phi) is 3.10. The fraction of sp³-hybridized carbons (Fsp3) is 1.00. The first kappa shape index (κ1) is 12.2. The first-order chi connectivity index (χ1) is 8.11. The number of rotatable bonds is 1. The molecule has 0 aromatic heterocycles. The van der Waals surface area contributed by atoms with E-state index in [1.165, 1.54) is 0 Å². The second-order valence-electron chi connectivity index (χ2n) is 4.76. The number of ether oxygens (including phenoxy) is 4. The van der Waals surface area contributed by atoms with Gasteiger partial charge in [-0.15, -0.1) is 0 Å². The molecule has 0 amide bonds. The SMILES string of the molecule is CO[C@H]1O[C@@H]2COSO[C@H]2C2OC(C)(C)OC21. The Morgan fingerprint density at radius 3 is 2.71 bits per heavy atom. The monoisotopic (exact) mass is 264 g/mol. The third-order valence-corrected chi connectivity index (χ3v) is 3.63. The normalized spacial score (nSPS) is 48.5. The van der Waals surface area contributed by atoms with Crippen molar-refractivity contribution in [1.29, 1.82) is 0 Å². The van der Waals surface area contributed by atoms with Crippen molar-refractivity contribution in [3.63, 3.8) is 0 Å². The third-order valence-electron chi connectivity index (χ3n) is 3.09. The molecule has 3 aliphatic rings. The van der Waals surface area contributed by atoms with Gasteiger partial charge in [-0.05, 0) is 13.8 Å². The van der Waals surface area contributed by atoms with Gasteiger partial charge < -0.3 is 18.9 Å². The molecule has 6 nitrogen and oxygen atoms in total. The zero-order chi connectivity index (χ0) is 12.0. The summed E-state index contributed by atoms with van der Waals surface area (Å²) in [6, 6.07) is 0. The fourth-order valence-electron chi connectivity index (χ4n) is 2.43. The van der Waals surface area contributed by atoms with E-state index >= 15 is 0 Å². The summed E-state index contributed by atoms with van der Waals surface area (Å²) >= 11 is 0.982. The Labute approximate surface area is 104 Å². The molecule has 0 saturated carbocycles. The Bertz CT molecular complexity index is 299. The van der Waals surface area contributed by atoms with Crippen LogP contribution < -0.4 is 0 Å². The Balaban J connectivity index is 1.83. The molecule has 0 N–H and O–H groups in total. The van der Waals surface area contributed by atoms with Crippen LogP contribution in [0, 0.1) is 0 Å². The van der Waals surface area contributed by atoms with E-state index in [1.807, 2.05) is 13.8 Å². The van der Waals surface area contributed by atoms with Crippen LogP contribution in [-0.2, 0) is 27.3 Å². The van der Waals surface area contributed by atoms with Crippen LogP contribution in [0.4, 0.5) is 0 Å². The molecule has 0 radical (unpaired) electrons. The molecule has 2 unspecified atom stereocenters. The zero-order valence-corrected chi connectivity index (χ0v) is 10.8. The summed E-state index contributed by atoms with van der Waals surface area (Å²) in [5.74, 6) is -0.642. The molecule has 0 aliphatic carbocycles. The minimum Gasteiger partial charge on any atom is -0.353 e. The first-order valence-corrected chi connectivity index (χ1v) is 6.26. The van der Waals surface area contributed by atoms with E-state index in [9.17, 15) is 0 Å². The van der Waals surface area contributed by atoms with Crippen molar-refractivity contribution >= 4 is 12.3 Å². The Morgan fingerprint density at radius 1 is 1.18 bits per heavy atom. The van der Waals surface area contributed by atoms with Crippen LogP contribution >= 0.6 is 12.3 Å². The highest BCUT2D eigenvalue weighted by Gasteiger charge is 2.57. The van der Waals surface area contributed by atoms with Gasteiger partial charge in [-0.3, -0.25) is 8.37 Å². The van der Waals surface area contributed by atoms with E-state index in [4.69, 9.17) is 27.3 Å². The van der Waals surface area contributed by atoms with Crippen molar-refractivity contribution < 1.29 is 27.3 Å². The van der Waals surface area contributed by atoms with Crippen LogP contribution in [0.5, 0.6) is 0 Å². The molecule has 5 atom stereocenters. The maximum atomic E-state index is 5.88. The van der Waals surface area contributed by atoms with Crippen molar-refractivity contribution in [2.75, 3.05) is 13.7 Å². The van der Waals surface area contributed by atoms with Gasteiger partial charge in [-0.25, -0.2) is 0 Å². The molecule has 3 aliphatic heterocycles. The van der Waals surface area contributed by atoms with Crippen LogP contribution in [0.3, 0.4) is 0 Å². The summed E-state index contributed by atoms with van der Waals surface area (Å²) in [6.07, 6.45) is -1.27. The van der Waals surface area contributed by atoms with Gasteiger partial charge in [0, 0.05) is 7.11 Å². The van der Waals surface area contributed by atoms with Gasteiger partial charge in [0.25, 0.3) is 0 Å². The predicted molar refractivity (Wildman–Crippen MR) is 57.9 cm³/mol. The standard InChI is InChI=1S/C10H16O6S/c1-10(2)14-7-6-5(4-12-17-16-6)13-9(11-3)8(7)15-10/h5-9H,4H2,1-3H3/t5-,6-,7?,8?,9+/m1/s1. The Morgan fingerprint density at radius 2 is 1.94 bits per heavy atom. The van der Waals surface area contributed by atoms with Gasteiger partial charge in [-0.2, -0.15) is 0 Å². The molecule has 0 bridgehead atoms. The maximum absolute atomic E-state index is 5.88. The average molecular weight is 264 g/mol. The van der Waals surface area contributed by atoms with Crippen molar-refractivity contribution in [2.24, 2.45) is 0 Å². The lowest BCUT2D eigenvalue weighted by atomic mass is 9.99.